The first kappa shape index (κ1) is 18.6. The predicted octanol–water partition coefficient (Wildman–Crippen LogP) is 2.77. The van der Waals surface area contributed by atoms with Crippen LogP contribution in [0.15, 0.2) is 0 Å². The molecule has 0 bridgehead atoms. The van der Waals surface area contributed by atoms with E-state index in [1.807, 2.05) is 0 Å². The highest BCUT2D eigenvalue weighted by Gasteiger charge is 2.29. The third kappa shape index (κ3) is 4.66. The maximum atomic E-state index is 12.5. The van der Waals surface area contributed by atoms with Crippen LogP contribution in [0.2, 0.25) is 0 Å². The van der Waals surface area contributed by atoms with Crippen LogP contribution in [-0.2, 0) is 4.79 Å². The Kier molecular flexibility index (Phi) is 6.53. The number of hydrogen-bond acceptors (Lipinski definition) is 5. The van der Waals surface area contributed by atoms with Gasteiger partial charge in [0.05, 0.1) is 5.92 Å². The minimum Gasteiger partial charge on any atom is -0.331 e. The summed E-state index contributed by atoms with van der Waals surface area (Å²) < 4.78 is 0. The van der Waals surface area contributed by atoms with Gasteiger partial charge in [0, 0.05) is 33.1 Å². The van der Waals surface area contributed by atoms with Crippen LogP contribution >= 0.6 is 11.3 Å². The molecule has 0 aromatic carbocycles. The zero-order chi connectivity index (χ0) is 17.7. The number of rotatable bonds is 5. The first-order chi connectivity index (χ1) is 11.4. The molecule has 0 saturated carbocycles. The number of nitrogens with zero attached hydrogens (tertiary/aromatic N) is 4. The molecular formula is C16H27N5O2S. The molecule has 8 heteroatoms. The van der Waals surface area contributed by atoms with Gasteiger partial charge in [0.2, 0.25) is 11.0 Å². The Morgan fingerprint density at radius 1 is 1.42 bits per heavy atom. The summed E-state index contributed by atoms with van der Waals surface area (Å²) in [5, 5.41) is 12.6. The van der Waals surface area contributed by atoms with Crippen molar-refractivity contribution < 1.29 is 9.59 Å². The molecule has 1 aliphatic rings. The number of carbonyl (C=O) groups excluding carboxylic acids is 2. The molecule has 0 spiro atoms. The van der Waals surface area contributed by atoms with Crippen LogP contribution in [0.5, 0.6) is 0 Å². The van der Waals surface area contributed by atoms with E-state index in [9.17, 15) is 9.59 Å². The molecule has 134 valence electrons. The van der Waals surface area contributed by atoms with Gasteiger partial charge in [0.25, 0.3) is 0 Å². The predicted molar refractivity (Wildman–Crippen MR) is 95.2 cm³/mol. The summed E-state index contributed by atoms with van der Waals surface area (Å²) in [5.41, 5.74) is 0. The SMILES string of the molecule is CCC[C@@H](C)c1nnc(NC(=O)[C@H]2CCCN(C(=O)N(C)C)C2)s1. The van der Waals surface area contributed by atoms with Crippen LogP contribution in [0, 0.1) is 5.92 Å². The molecule has 0 aliphatic carbocycles. The van der Waals surface area contributed by atoms with Crippen molar-refractivity contribution in [3.05, 3.63) is 5.01 Å². The second kappa shape index (κ2) is 8.41. The lowest BCUT2D eigenvalue weighted by molar-refractivity contribution is -0.121. The average Bonchev–Trinajstić information content (AvgIpc) is 3.03. The summed E-state index contributed by atoms with van der Waals surface area (Å²) >= 11 is 1.44. The number of urea groups is 1. The Morgan fingerprint density at radius 2 is 2.17 bits per heavy atom. The van der Waals surface area contributed by atoms with Crippen LogP contribution < -0.4 is 5.32 Å². The Hall–Kier alpha value is -1.70. The highest BCUT2D eigenvalue weighted by molar-refractivity contribution is 7.15. The number of piperidine rings is 1. The second-order valence-corrected chi connectivity index (χ2v) is 7.60. The summed E-state index contributed by atoms with van der Waals surface area (Å²) in [6, 6.07) is -0.0425. The molecule has 24 heavy (non-hydrogen) atoms. The molecule has 2 rings (SSSR count). The Labute approximate surface area is 147 Å². The molecule has 0 radical (unpaired) electrons. The van der Waals surface area contributed by atoms with E-state index >= 15 is 0 Å². The number of nitrogens with one attached hydrogen (secondary N) is 1. The summed E-state index contributed by atoms with van der Waals surface area (Å²) in [4.78, 5) is 27.8. The second-order valence-electron chi connectivity index (χ2n) is 6.59. The highest BCUT2D eigenvalue weighted by Crippen LogP contribution is 2.27. The van der Waals surface area contributed by atoms with Gasteiger partial charge in [-0.15, -0.1) is 10.2 Å². The zero-order valence-electron chi connectivity index (χ0n) is 14.9. The molecule has 2 heterocycles. The fraction of sp³-hybridized carbons (Fsp3) is 0.750. The van der Waals surface area contributed by atoms with Crippen molar-refractivity contribution in [3.63, 3.8) is 0 Å². The summed E-state index contributed by atoms with van der Waals surface area (Å²) in [6.45, 7) is 5.44. The van der Waals surface area contributed by atoms with Crippen molar-refractivity contribution in [2.24, 2.45) is 5.92 Å². The van der Waals surface area contributed by atoms with E-state index in [-0.39, 0.29) is 17.9 Å². The van der Waals surface area contributed by atoms with E-state index < -0.39 is 0 Å². The van der Waals surface area contributed by atoms with Crippen LogP contribution in [0.25, 0.3) is 0 Å². The molecule has 1 saturated heterocycles. The van der Waals surface area contributed by atoms with Gasteiger partial charge >= 0.3 is 6.03 Å². The summed E-state index contributed by atoms with van der Waals surface area (Å²) in [5.74, 6) is 0.0983. The number of amides is 3. The van der Waals surface area contributed by atoms with Crippen molar-refractivity contribution >= 4 is 28.4 Å². The molecule has 7 nitrogen and oxygen atoms in total. The van der Waals surface area contributed by atoms with Gasteiger partial charge < -0.3 is 15.1 Å². The monoisotopic (exact) mass is 353 g/mol. The molecular weight excluding hydrogens is 326 g/mol. The molecule has 3 amide bonds. The first-order valence-electron chi connectivity index (χ1n) is 8.52. The summed E-state index contributed by atoms with van der Waals surface area (Å²) in [7, 11) is 3.46. The number of hydrogen-bond donors (Lipinski definition) is 1. The Balaban J connectivity index is 1.93. The van der Waals surface area contributed by atoms with E-state index in [1.54, 1.807) is 23.9 Å². The van der Waals surface area contributed by atoms with Crippen molar-refractivity contribution in [2.75, 3.05) is 32.5 Å². The van der Waals surface area contributed by atoms with Crippen molar-refractivity contribution in [1.82, 2.24) is 20.0 Å². The fourth-order valence-corrected chi connectivity index (χ4v) is 3.73. The standard InChI is InChI=1S/C16H27N5O2S/c1-5-7-11(2)14-18-19-15(24-14)17-13(22)12-8-6-9-21(10-12)16(23)20(3)4/h11-12H,5-10H2,1-4H3,(H,17,19,22)/t11-,12+/m1/s1. The minimum atomic E-state index is -0.192. The fourth-order valence-electron chi connectivity index (χ4n) is 2.90. The van der Waals surface area contributed by atoms with E-state index in [0.717, 1.165) is 30.7 Å². The van der Waals surface area contributed by atoms with Crippen LogP contribution in [0.1, 0.15) is 50.5 Å². The number of aromatic nitrogens is 2. The first-order valence-corrected chi connectivity index (χ1v) is 9.34. The maximum absolute atomic E-state index is 12.5. The largest absolute Gasteiger partial charge is 0.331 e. The van der Waals surface area contributed by atoms with E-state index in [4.69, 9.17) is 0 Å². The normalized spacial score (nSPS) is 19.0. The maximum Gasteiger partial charge on any atom is 0.319 e. The molecule has 1 aromatic rings. The molecule has 1 aliphatic heterocycles. The van der Waals surface area contributed by atoms with Crippen LogP contribution in [0.4, 0.5) is 9.93 Å². The third-order valence-corrected chi connectivity index (χ3v) is 5.33. The molecule has 1 N–H and O–H groups in total. The van der Waals surface area contributed by atoms with Gasteiger partial charge in [-0.05, 0) is 19.3 Å². The molecule has 0 unspecified atom stereocenters. The quantitative estimate of drug-likeness (QED) is 0.883. The molecule has 2 atom stereocenters. The van der Waals surface area contributed by atoms with Gasteiger partial charge in [-0.1, -0.05) is 31.6 Å². The van der Waals surface area contributed by atoms with Gasteiger partial charge in [0.15, 0.2) is 0 Å². The van der Waals surface area contributed by atoms with Crippen LogP contribution in [0.3, 0.4) is 0 Å². The zero-order valence-corrected chi connectivity index (χ0v) is 15.7. The minimum absolute atomic E-state index is 0.0425. The van der Waals surface area contributed by atoms with Crippen molar-refractivity contribution in [2.45, 2.75) is 45.4 Å². The molecule has 1 fully saturated rings. The lowest BCUT2D eigenvalue weighted by atomic mass is 9.97. The van der Waals surface area contributed by atoms with Gasteiger partial charge in [0.1, 0.15) is 5.01 Å². The number of likely N-dealkylation sites (tertiary alicyclic amines) is 1. The van der Waals surface area contributed by atoms with E-state index in [1.165, 1.54) is 11.3 Å². The third-order valence-electron chi connectivity index (χ3n) is 4.26. The molecule has 1 aromatic heterocycles. The lowest BCUT2D eigenvalue weighted by Gasteiger charge is -2.33. The van der Waals surface area contributed by atoms with Gasteiger partial charge in [-0.2, -0.15) is 0 Å². The summed E-state index contributed by atoms with van der Waals surface area (Å²) in [6.07, 6.45) is 3.79. The van der Waals surface area contributed by atoms with E-state index in [0.29, 0.717) is 24.1 Å². The highest BCUT2D eigenvalue weighted by atomic mass is 32.1. The van der Waals surface area contributed by atoms with Crippen molar-refractivity contribution in [3.8, 4) is 0 Å². The van der Waals surface area contributed by atoms with E-state index in [2.05, 4.69) is 29.4 Å². The number of carbonyl (C=O) groups is 2. The number of anilines is 1. The topological polar surface area (TPSA) is 78.4 Å². The Morgan fingerprint density at radius 3 is 2.83 bits per heavy atom. The van der Waals surface area contributed by atoms with Crippen LogP contribution in [-0.4, -0.2) is 59.1 Å². The lowest BCUT2D eigenvalue weighted by Crippen LogP contribution is -2.47. The van der Waals surface area contributed by atoms with Crippen molar-refractivity contribution in [1.29, 1.82) is 0 Å². The van der Waals surface area contributed by atoms with Gasteiger partial charge in [-0.3, -0.25) is 4.79 Å². The Bertz CT molecular complexity index is 575. The average molecular weight is 353 g/mol. The smallest absolute Gasteiger partial charge is 0.319 e. The van der Waals surface area contributed by atoms with Gasteiger partial charge in [-0.25, -0.2) is 4.79 Å².